The molecular formula is C14H25N3S. The van der Waals surface area contributed by atoms with Crippen molar-refractivity contribution < 1.29 is 0 Å². The molecule has 0 amide bonds. The molecule has 1 aromatic heterocycles. The van der Waals surface area contributed by atoms with Crippen LogP contribution in [0, 0.1) is 6.92 Å². The highest BCUT2D eigenvalue weighted by Gasteiger charge is 2.10. The number of aryl methyl sites for hydroxylation is 1. The fraction of sp³-hybridized carbons (Fsp3) is 0.714. The average Bonchev–Trinajstić information content (AvgIpc) is 2.81. The molecule has 0 bridgehead atoms. The fourth-order valence-electron chi connectivity index (χ4n) is 2.31. The molecule has 0 aliphatic carbocycles. The van der Waals surface area contributed by atoms with E-state index in [4.69, 9.17) is 0 Å². The topological polar surface area (TPSA) is 18.5 Å². The van der Waals surface area contributed by atoms with E-state index in [0.29, 0.717) is 0 Å². The fourth-order valence-corrected chi connectivity index (χ4v) is 3.21. The molecule has 1 aliphatic heterocycles. The zero-order valence-electron chi connectivity index (χ0n) is 11.6. The Hall–Kier alpha value is -0.420. The predicted octanol–water partition coefficient (Wildman–Crippen LogP) is 1.44. The Kier molecular flexibility index (Phi) is 5.63. The molecule has 102 valence electrons. The molecule has 1 aliphatic rings. The van der Waals surface area contributed by atoms with E-state index in [-0.39, 0.29) is 0 Å². The summed E-state index contributed by atoms with van der Waals surface area (Å²) >= 11 is 1.89. The summed E-state index contributed by atoms with van der Waals surface area (Å²) in [5.74, 6) is 0. The molecule has 3 nitrogen and oxygen atoms in total. The number of nitrogens with one attached hydrogen (secondary N) is 1. The molecule has 1 fully saturated rings. The molecule has 1 saturated heterocycles. The summed E-state index contributed by atoms with van der Waals surface area (Å²) in [7, 11) is 2.24. The zero-order chi connectivity index (χ0) is 12.8. The molecule has 18 heavy (non-hydrogen) atoms. The molecule has 1 N–H and O–H groups in total. The van der Waals surface area contributed by atoms with Gasteiger partial charge in [-0.3, -0.25) is 4.90 Å². The van der Waals surface area contributed by atoms with Crippen molar-refractivity contribution in [2.24, 2.45) is 0 Å². The van der Waals surface area contributed by atoms with Crippen LogP contribution in [0.2, 0.25) is 0 Å². The molecule has 0 unspecified atom stereocenters. The van der Waals surface area contributed by atoms with Gasteiger partial charge in [-0.25, -0.2) is 0 Å². The monoisotopic (exact) mass is 267 g/mol. The van der Waals surface area contributed by atoms with Gasteiger partial charge in [0.05, 0.1) is 0 Å². The van der Waals surface area contributed by atoms with Gasteiger partial charge in [-0.1, -0.05) is 0 Å². The normalized spacial score (nSPS) is 17.5. The summed E-state index contributed by atoms with van der Waals surface area (Å²) in [5.41, 5.74) is 1.45. The van der Waals surface area contributed by atoms with Crippen molar-refractivity contribution in [1.29, 1.82) is 0 Å². The van der Waals surface area contributed by atoms with Crippen LogP contribution < -0.4 is 5.32 Å². The number of hydrogen-bond acceptors (Lipinski definition) is 4. The minimum atomic E-state index is 1.15. The van der Waals surface area contributed by atoms with E-state index < -0.39 is 0 Å². The lowest BCUT2D eigenvalue weighted by Gasteiger charge is -2.29. The largest absolute Gasteiger partial charge is 0.314 e. The van der Waals surface area contributed by atoms with Crippen LogP contribution in [0.3, 0.4) is 0 Å². The van der Waals surface area contributed by atoms with Crippen LogP contribution in [-0.4, -0.2) is 62.7 Å². The van der Waals surface area contributed by atoms with Gasteiger partial charge < -0.3 is 10.2 Å². The Bertz CT molecular complexity index is 345. The van der Waals surface area contributed by atoms with Crippen molar-refractivity contribution in [1.82, 2.24) is 15.1 Å². The van der Waals surface area contributed by atoms with E-state index in [2.05, 4.69) is 40.5 Å². The van der Waals surface area contributed by atoms with Crippen molar-refractivity contribution in [2.75, 3.05) is 52.9 Å². The van der Waals surface area contributed by atoms with Crippen LogP contribution in [0.5, 0.6) is 0 Å². The van der Waals surface area contributed by atoms with Gasteiger partial charge in [0.2, 0.25) is 0 Å². The summed E-state index contributed by atoms with van der Waals surface area (Å²) < 4.78 is 0. The van der Waals surface area contributed by atoms with Gasteiger partial charge in [-0.05, 0) is 37.4 Å². The molecule has 0 spiro atoms. The average molecular weight is 267 g/mol. The lowest BCUT2D eigenvalue weighted by Crippen LogP contribution is -2.46. The van der Waals surface area contributed by atoms with Gasteiger partial charge in [-0.15, -0.1) is 11.3 Å². The number of rotatable bonds is 6. The van der Waals surface area contributed by atoms with Gasteiger partial charge in [0.25, 0.3) is 0 Å². The lowest BCUT2D eigenvalue weighted by molar-refractivity contribution is 0.206. The van der Waals surface area contributed by atoms with Gasteiger partial charge >= 0.3 is 0 Å². The van der Waals surface area contributed by atoms with Crippen molar-refractivity contribution in [3.05, 3.63) is 21.9 Å². The van der Waals surface area contributed by atoms with E-state index in [9.17, 15) is 0 Å². The summed E-state index contributed by atoms with van der Waals surface area (Å²) in [6.07, 6.45) is 1.20. The molecule has 0 saturated carbocycles. The Morgan fingerprint density at radius 3 is 2.78 bits per heavy atom. The first kappa shape index (κ1) is 14.0. The van der Waals surface area contributed by atoms with Crippen molar-refractivity contribution >= 4 is 11.3 Å². The summed E-state index contributed by atoms with van der Waals surface area (Å²) in [6, 6.07) is 2.22. The summed E-state index contributed by atoms with van der Waals surface area (Å²) in [4.78, 5) is 6.56. The van der Waals surface area contributed by atoms with Crippen molar-refractivity contribution in [3.8, 4) is 0 Å². The second-order valence-electron chi connectivity index (χ2n) is 5.17. The summed E-state index contributed by atoms with van der Waals surface area (Å²) in [5, 5.41) is 5.60. The van der Waals surface area contributed by atoms with E-state index in [1.165, 1.54) is 44.7 Å². The lowest BCUT2D eigenvalue weighted by atomic mass is 10.2. The van der Waals surface area contributed by atoms with E-state index >= 15 is 0 Å². The van der Waals surface area contributed by atoms with Gasteiger partial charge in [0.15, 0.2) is 0 Å². The Labute approximate surface area is 115 Å². The van der Waals surface area contributed by atoms with Gasteiger partial charge in [0.1, 0.15) is 0 Å². The van der Waals surface area contributed by atoms with Crippen molar-refractivity contribution in [3.63, 3.8) is 0 Å². The molecule has 2 heterocycles. The summed E-state index contributed by atoms with van der Waals surface area (Å²) in [6.45, 7) is 10.5. The molecule has 0 aromatic carbocycles. The third-order valence-electron chi connectivity index (χ3n) is 3.70. The van der Waals surface area contributed by atoms with Crippen LogP contribution in [0.4, 0.5) is 0 Å². The van der Waals surface area contributed by atoms with Crippen molar-refractivity contribution in [2.45, 2.75) is 13.3 Å². The SMILES string of the molecule is Cc1ccsc1CCN(C)CCN1CCNCC1. The van der Waals surface area contributed by atoms with Crippen LogP contribution in [-0.2, 0) is 6.42 Å². The number of thiophene rings is 1. The smallest absolute Gasteiger partial charge is 0.0110 e. The van der Waals surface area contributed by atoms with Gasteiger partial charge in [0, 0.05) is 50.7 Å². The number of hydrogen-bond donors (Lipinski definition) is 1. The number of likely N-dealkylation sites (N-methyl/N-ethyl adjacent to an activating group) is 1. The molecular weight excluding hydrogens is 242 g/mol. The Morgan fingerprint density at radius 1 is 1.33 bits per heavy atom. The standard InChI is InChI=1S/C14H25N3S/c1-13-4-12-18-14(13)3-7-16(2)10-11-17-8-5-15-6-9-17/h4,12,15H,3,5-11H2,1-2H3. The highest BCUT2D eigenvalue weighted by molar-refractivity contribution is 7.10. The Morgan fingerprint density at radius 2 is 2.11 bits per heavy atom. The highest BCUT2D eigenvalue weighted by Crippen LogP contribution is 2.16. The first-order valence-electron chi connectivity index (χ1n) is 6.90. The second kappa shape index (κ2) is 7.24. The molecule has 4 heteroatoms. The minimum absolute atomic E-state index is 1.15. The number of nitrogens with zero attached hydrogens (tertiary/aromatic N) is 2. The first-order valence-corrected chi connectivity index (χ1v) is 7.78. The second-order valence-corrected chi connectivity index (χ2v) is 6.17. The molecule has 0 atom stereocenters. The predicted molar refractivity (Wildman–Crippen MR) is 79.6 cm³/mol. The van der Waals surface area contributed by atoms with E-state index in [0.717, 1.165) is 13.1 Å². The Balaban J connectivity index is 1.62. The highest BCUT2D eigenvalue weighted by atomic mass is 32.1. The van der Waals surface area contributed by atoms with Crippen LogP contribution in [0.1, 0.15) is 10.4 Å². The molecule has 2 rings (SSSR count). The third-order valence-corrected chi connectivity index (χ3v) is 4.78. The van der Waals surface area contributed by atoms with Gasteiger partial charge in [-0.2, -0.15) is 0 Å². The van der Waals surface area contributed by atoms with Crippen LogP contribution >= 0.6 is 11.3 Å². The molecule has 0 radical (unpaired) electrons. The third kappa shape index (κ3) is 4.35. The maximum atomic E-state index is 3.40. The maximum Gasteiger partial charge on any atom is 0.0110 e. The van der Waals surface area contributed by atoms with Crippen LogP contribution in [0.15, 0.2) is 11.4 Å². The van der Waals surface area contributed by atoms with E-state index in [1.54, 1.807) is 4.88 Å². The maximum absolute atomic E-state index is 3.40. The van der Waals surface area contributed by atoms with E-state index in [1.807, 2.05) is 11.3 Å². The molecule has 1 aromatic rings. The first-order chi connectivity index (χ1) is 8.75. The number of piperazine rings is 1. The van der Waals surface area contributed by atoms with Crippen LogP contribution in [0.25, 0.3) is 0 Å². The zero-order valence-corrected chi connectivity index (χ0v) is 12.4. The minimum Gasteiger partial charge on any atom is -0.314 e. The quantitative estimate of drug-likeness (QED) is 0.841.